The second kappa shape index (κ2) is 4.65. The Kier molecular flexibility index (Phi) is 2.93. The zero-order chi connectivity index (χ0) is 15.1. The second-order valence-electron chi connectivity index (χ2n) is 4.59. The van der Waals surface area contributed by atoms with Crippen LogP contribution >= 0.6 is 0 Å². The fourth-order valence-corrected chi connectivity index (χ4v) is 2.14. The maximum absolute atomic E-state index is 13.4. The lowest BCUT2D eigenvalue weighted by molar-refractivity contribution is -0.137. The monoisotopic (exact) mass is 292 g/mol. The van der Waals surface area contributed by atoms with Crippen LogP contribution in [0.2, 0.25) is 0 Å². The van der Waals surface area contributed by atoms with Crippen LogP contribution in [0.5, 0.6) is 0 Å². The van der Waals surface area contributed by atoms with Crippen molar-refractivity contribution in [2.24, 2.45) is 7.05 Å². The highest BCUT2D eigenvalue weighted by molar-refractivity contribution is 5.82. The third-order valence-electron chi connectivity index (χ3n) is 3.02. The Morgan fingerprint density at radius 2 is 2.05 bits per heavy atom. The van der Waals surface area contributed by atoms with Crippen molar-refractivity contribution in [2.45, 2.75) is 6.54 Å². The number of rotatable bonds is 3. The highest BCUT2D eigenvalue weighted by Gasteiger charge is 2.18. The second-order valence-corrected chi connectivity index (χ2v) is 4.59. The molecule has 1 N–H and O–H groups in total. The van der Waals surface area contributed by atoms with Crippen molar-refractivity contribution in [3.8, 4) is 11.5 Å². The minimum absolute atomic E-state index is 0.177. The topological polar surface area (TPSA) is 72.9 Å². The van der Waals surface area contributed by atoms with Gasteiger partial charge in [0, 0.05) is 25.4 Å². The molecule has 8 heteroatoms. The molecule has 0 amide bonds. The predicted octanol–water partition coefficient (Wildman–Crippen LogP) is 1.80. The van der Waals surface area contributed by atoms with E-state index in [2.05, 4.69) is 9.97 Å². The van der Waals surface area contributed by atoms with Gasteiger partial charge < -0.3 is 14.2 Å². The van der Waals surface area contributed by atoms with Gasteiger partial charge >= 0.3 is 5.97 Å². The first-order chi connectivity index (χ1) is 9.95. The van der Waals surface area contributed by atoms with Gasteiger partial charge in [0.2, 0.25) is 0 Å². The molecular formula is C13H10F2N4O2. The number of fused-ring (bicyclic) bond motifs is 1. The van der Waals surface area contributed by atoms with Crippen molar-refractivity contribution in [3.63, 3.8) is 0 Å². The lowest BCUT2D eigenvalue weighted by atomic mass is 10.3. The number of hydrogen-bond acceptors (Lipinski definition) is 3. The lowest BCUT2D eigenvalue weighted by Gasteiger charge is -2.04. The van der Waals surface area contributed by atoms with E-state index in [4.69, 9.17) is 5.11 Å². The molecule has 3 aromatic rings. The van der Waals surface area contributed by atoms with E-state index in [0.29, 0.717) is 5.69 Å². The number of imidazole rings is 2. The molecule has 0 saturated heterocycles. The highest BCUT2D eigenvalue weighted by Crippen LogP contribution is 2.25. The van der Waals surface area contributed by atoms with Crippen LogP contribution in [0, 0.1) is 11.6 Å². The SMILES string of the molecule is Cn1cnc(-c2nc3cc(F)c(F)cc3n2CC(=O)O)c1. The third-order valence-corrected chi connectivity index (χ3v) is 3.02. The van der Waals surface area contributed by atoms with Gasteiger partial charge in [-0.25, -0.2) is 18.7 Å². The molecular weight excluding hydrogens is 282 g/mol. The summed E-state index contributed by atoms with van der Waals surface area (Å²) in [4.78, 5) is 19.3. The third kappa shape index (κ3) is 2.24. The first kappa shape index (κ1) is 13.2. The summed E-state index contributed by atoms with van der Waals surface area (Å²) in [5.74, 6) is -2.95. The molecule has 6 nitrogen and oxygen atoms in total. The van der Waals surface area contributed by atoms with Crippen LogP contribution in [0.3, 0.4) is 0 Å². The number of carboxylic acid groups (broad SMARTS) is 1. The van der Waals surface area contributed by atoms with E-state index < -0.39 is 24.1 Å². The largest absolute Gasteiger partial charge is 0.480 e. The van der Waals surface area contributed by atoms with Gasteiger partial charge in [-0.15, -0.1) is 0 Å². The van der Waals surface area contributed by atoms with Gasteiger partial charge in [-0.1, -0.05) is 0 Å². The maximum Gasteiger partial charge on any atom is 0.323 e. The lowest BCUT2D eigenvalue weighted by Crippen LogP contribution is -2.10. The van der Waals surface area contributed by atoms with Crippen LogP contribution < -0.4 is 0 Å². The number of halogens is 2. The fourth-order valence-electron chi connectivity index (χ4n) is 2.14. The van der Waals surface area contributed by atoms with E-state index in [1.165, 1.54) is 10.9 Å². The standard InChI is InChI=1S/C13H10F2N4O2/c1-18-4-10(16-6-18)13-17-9-2-7(14)8(15)3-11(9)19(13)5-12(20)21/h2-4,6H,5H2,1H3,(H,20,21). The van der Waals surface area contributed by atoms with Gasteiger partial charge in [0.1, 0.15) is 12.2 Å². The molecule has 21 heavy (non-hydrogen) atoms. The number of aliphatic carboxylic acids is 1. The number of aromatic nitrogens is 4. The van der Waals surface area contributed by atoms with Gasteiger partial charge in [0.05, 0.1) is 17.4 Å². The van der Waals surface area contributed by atoms with E-state index in [9.17, 15) is 13.6 Å². The molecule has 0 bridgehead atoms. The van der Waals surface area contributed by atoms with E-state index in [-0.39, 0.29) is 16.9 Å². The van der Waals surface area contributed by atoms with Crippen molar-refractivity contribution in [3.05, 3.63) is 36.3 Å². The zero-order valence-corrected chi connectivity index (χ0v) is 10.9. The smallest absolute Gasteiger partial charge is 0.323 e. The quantitative estimate of drug-likeness (QED) is 0.799. The van der Waals surface area contributed by atoms with E-state index in [0.717, 1.165) is 12.1 Å². The van der Waals surface area contributed by atoms with Gasteiger partial charge in [-0.2, -0.15) is 0 Å². The minimum Gasteiger partial charge on any atom is -0.480 e. The number of carbonyl (C=O) groups is 1. The van der Waals surface area contributed by atoms with Gasteiger partial charge in [0.25, 0.3) is 0 Å². The summed E-state index contributed by atoms with van der Waals surface area (Å²) >= 11 is 0. The minimum atomic E-state index is -1.11. The molecule has 2 heterocycles. The van der Waals surface area contributed by atoms with Crippen LogP contribution in [-0.2, 0) is 18.4 Å². The van der Waals surface area contributed by atoms with Crippen molar-refractivity contribution in [1.82, 2.24) is 19.1 Å². The summed E-state index contributed by atoms with van der Waals surface area (Å²) in [5, 5.41) is 9.00. The summed E-state index contributed by atoms with van der Waals surface area (Å²) in [5.41, 5.74) is 0.809. The molecule has 0 aliphatic carbocycles. The molecule has 0 fully saturated rings. The van der Waals surface area contributed by atoms with Crippen LogP contribution in [-0.4, -0.2) is 30.2 Å². The molecule has 2 aromatic heterocycles. The van der Waals surface area contributed by atoms with Crippen molar-refractivity contribution >= 4 is 17.0 Å². The number of aryl methyl sites for hydroxylation is 1. The summed E-state index contributed by atoms with van der Waals surface area (Å²) < 4.78 is 29.7. The Balaban J connectivity index is 2.29. The Morgan fingerprint density at radius 3 is 2.67 bits per heavy atom. The summed E-state index contributed by atoms with van der Waals surface area (Å²) in [6, 6.07) is 1.88. The molecule has 0 spiro atoms. The molecule has 3 rings (SSSR count). The normalized spacial score (nSPS) is 11.2. The molecule has 108 valence electrons. The highest BCUT2D eigenvalue weighted by atomic mass is 19.2. The van der Waals surface area contributed by atoms with Crippen LogP contribution in [0.15, 0.2) is 24.7 Å². The maximum atomic E-state index is 13.4. The van der Waals surface area contributed by atoms with Gasteiger partial charge in [-0.05, 0) is 0 Å². The zero-order valence-electron chi connectivity index (χ0n) is 10.9. The van der Waals surface area contributed by atoms with Crippen molar-refractivity contribution in [2.75, 3.05) is 0 Å². The van der Waals surface area contributed by atoms with Crippen LogP contribution in [0.1, 0.15) is 0 Å². The summed E-state index contributed by atoms with van der Waals surface area (Å²) in [7, 11) is 1.75. The first-order valence-corrected chi connectivity index (χ1v) is 6.01. The van der Waals surface area contributed by atoms with Crippen molar-refractivity contribution < 1.29 is 18.7 Å². The summed E-state index contributed by atoms with van der Waals surface area (Å²) in [6.07, 6.45) is 3.17. The van der Waals surface area contributed by atoms with Crippen molar-refractivity contribution in [1.29, 1.82) is 0 Å². The Labute approximate surface area is 117 Å². The Hall–Kier alpha value is -2.77. The molecule has 0 saturated carbocycles. The van der Waals surface area contributed by atoms with E-state index in [1.54, 1.807) is 17.8 Å². The Morgan fingerprint density at radius 1 is 1.33 bits per heavy atom. The number of nitrogens with zero attached hydrogens (tertiary/aromatic N) is 4. The van der Waals surface area contributed by atoms with E-state index in [1.807, 2.05) is 0 Å². The average Bonchev–Trinajstić information content (AvgIpc) is 2.95. The van der Waals surface area contributed by atoms with Gasteiger partial charge in [0.15, 0.2) is 17.5 Å². The van der Waals surface area contributed by atoms with Crippen LogP contribution in [0.4, 0.5) is 8.78 Å². The molecule has 0 unspecified atom stereocenters. The summed E-state index contributed by atoms with van der Waals surface area (Å²) in [6.45, 7) is -0.423. The molecule has 0 atom stereocenters. The Bertz CT molecular complexity index is 853. The molecule has 0 aliphatic rings. The average molecular weight is 292 g/mol. The molecule has 0 radical (unpaired) electrons. The first-order valence-electron chi connectivity index (χ1n) is 6.01. The predicted molar refractivity (Wildman–Crippen MR) is 69.5 cm³/mol. The number of benzene rings is 1. The fraction of sp³-hybridized carbons (Fsp3) is 0.154. The molecule has 1 aromatic carbocycles. The number of hydrogen-bond donors (Lipinski definition) is 1. The number of carboxylic acids is 1. The molecule has 0 aliphatic heterocycles. The van der Waals surface area contributed by atoms with Crippen LogP contribution in [0.25, 0.3) is 22.6 Å². The van der Waals surface area contributed by atoms with Gasteiger partial charge in [-0.3, -0.25) is 4.79 Å². The van der Waals surface area contributed by atoms with E-state index >= 15 is 0 Å².